The van der Waals surface area contributed by atoms with E-state index in [1.54, 1.807) is 6.08 Å². The largest absolute Gasteiger partial charge is 0.261 e. The van der Waals surface area contributed by atoms with Gasteiger partial charge in [0.2, 0.25) is 0 Å². The van der Waals surface area contributed by atoms with Crippen molar-refractivity contribution in [3.8, 4) is 0 Å². The molecule has 138 valence electrons. The molecule has 0 heterocycles. The molecule has 0 amide bonds. The number of halogens is 1. The van der Waals surface area contributed by atoms with Gasteiger partial charge in [0.1, 0.15) is 0 Å². The Balaban J connectivity index is 2.47. The maximum atomic E-state index is 6.26. The van der Waals surface area contributed by atoms with Crippen LogP contribution >= 0.6 is 11.6 Å². The maximum absolute atomic E-state index is 6.26. The maximum Gasteiger partial charge on any atom is 0.161 e. The third kappa shape index (κ3) is 6.15. The van der Waals surface area contributed by atoms with Gasteiger partial charge in [-0.3, -0.25) is 4.99 Å². The fourth-order valence-corrected chi connectivity index (χ4v) is 2.67. The molecule has 27 heavy (non-hydrogen) atoms. The van der Waals surface area contributed by atoms with Crippen LogP contribution in [0.15, 0.2) is 105 Å². The quantitative estimate of drug-likeness (QED) is 0.328. The summed E-state index contributed by atoms with van der Waals surface area (Å²) in [6, 6.07) is 9.76. The Bertz CT molecular complexity index is 853. The highest BCUT2D eigenvalue weighted by Crippen LogP contribution is 2.17. The normalized spacial score (nSPS) is 16.1. The first-order chi connectivity index (χ1) is 13.2. The number of nitrogens with zero attached hydrogens (tertiary/aromatic N) is 3. The lowest BCUT2D eigenvalue weighted by atomic mass is 10.1. The van der Waals surface area contributed by atoms with Crippen molar-refractivity contribution in [1.29, 1.82) is 0 Å². The summed E-state index contributed by atoms with van der Waals surface area (Å²) in [7, 11) is 0. The van der Waals surface area contributed by atoms with Crippen LogP contribution in [0, 0.1) is 0 Å². The number of allylic oxidation sites excluding steroid dienone is 5. The van der Waals surface area contributed by atoms with Crippen LogP contribution in [0.1, 0.15) is 25.3 Å². The van der Waals surface area contributed by atoms with Crippen molar-refractivity contribution in [3.05, 3.63) is 95.1 Å². The molecule has 1 aromatic rings. The van der Waals surface area contributed by atoms with Gasteiger partial charge >= 0.3 is 0 Å². The lowest BCUT2D eigenvalue weighted by Crippen LogP contribution is -2.07. The Labute approximate surface area is 166 Å². The molecule has 1 aliphatic rings. The van der Waals surface area contributed by atoms with E-state index < -0.39 is 0 Å². The Morgan fingerprint density at radius 1 is 1.19 bits per heavy atom. The van der Waals surface area contributed by atoms with Crippen LogP contribution in [0.25, 0.3) is 0 Å². The van der Waals surface area contributed by atoms with Gasteiger partial charge in [-0.2, -0.15) is 0 Å². The Kier molecular flexibility index (Phi) is 8.40. The highest BCUT2D eigenvalue weighted by molar-refractivity contribution is 6.31. The molecule has 4 heteroatoms. The number of aliphatic imine (C=N–C) groups is 3. The minimum atomic E-state index is 0.401. The Morgan fingerprint density at radius 2 is 1.96 bits per heavy atom. The zero-order valence-electron chi connectivity index (χ0n) is 15.6. The van der Waals surface area contributed by atoms with Gasteiger partial charge in [0.05, 0.1) is 6.54 Å². The van der Waals surface area contributed by atoms with Gasteiger partial charge in [0.15, 0.2) is 11.7 Å². The van der Waals surface area contributed by atoms with Gasteiger partial charge in [0, 0.05) is 16.2 Å². The summed E-state index contributed by atoms with van der Waals surface area (Å²) in [5.74, 6) is 1.16. The van der Waals surface area contributed by atoms with E-state index in [2.05, 4.69) is 30.4 Å². The van der Waals surface area contributed by atoms with Crippen LogP contribution in [-0.2, 0) is 0 Å². The van der Waals surface area contributed by atoms with Crippen LogP contribution in [0.3, 0.4) is 0 Å². The molecule has 0 N–H and O–H groups in total. The lowest BCUT2D eigenvalue weighted by molar-refractivity contribution is 1.02. The van der Waals surface area contributed by atoms with Gasteiger partial charge in [0.25, 0.3) is 0 Å². The monoisotopic (exact) mass is 377 g/mol. The standard InChI is InChI=1S/C23H24ClN3/c1-4-12-20(21(24)5-2)17-26-23(19-15-10-7-11-16-19)27-22(25-3)18-13-8-6-9-14-18/h4-6,8-10,12-16H,2-3,7,11,17H2,1H3/b12-4-,21-20-,26-23?,27-22?. The van der Waals surface area contributed by atoms with E-state index in [1.807, 2.05) is 55.5 Å². The van der Waals surface area contributed by atoms with E-state index in [9.17, 15) is 0 Å². The molecule has 0 saturated carbocycles. The van der Waals surface area contributed by atoms with E-state index in [-0.39, 0.29) is 0 Å². The molecule has 0 aromatic heterocycles. The van der Waals surface area contributed by atoms with Crippen molar-refractivity contribution in [2.45, 2.75) is 19.8 Å². The number of amidine groups is 2. The van der Waals surface area contributed by atoms with E-state index in [0.717, 1.165) is 29.6 Å². The molecule has 0 unspecified atom stereocenters. The molecule has 0 atom stereocenters. The second-order valence-corrected chi connectivity index (χ2v) is 6.22. The molecule has 0 fully saturated rings. The van der Waals surface area contributed by atoms with Crippen molar-refractivity contribution < 1.29 is 0 Å². The summed E-state index contributed by atoms with van der Waals surface area (Å²) in [6.45, 7) is 9.75. The zero-order valence-corrected chi connectivity index (χ0v) is 16.4. The van der Waals surface area contributed by atoms with Gasteiger partial charge in [-0.25, -0.2) is 9.98 Å². The number of hydrogen-bond acceptors (Lipinski definition) is 1. The van der Waals surface area contributed by atoms with Crippen LogP contribution < -0.4 is 0 Å². The molecule has 0 aliphatic heterocycles. The summed E-state index contributed by atoms with van der Waals surface area (Å²) in [4.78, 5) is 13.5. The average molecular weight is 378 g/mol. The van der Waals surface area contributed by atoms with Crippen LogP contribution in [-0.4, -0.2) is 24.9 Å². The molecule has 1 aromatic carbocycles. The predicted octanol–water partition coefficient (Wildman–Crippen LogP) is 6.06. The summed E-state index contributed by atoms with van der Waals surface area (Å²) in [6.07, 6.45) is 13.8. The van der Waals surface area contributed by atoms with Crippen molar-refractivity contribution >= 4 is 30.0 Å². The van der Waals surface area contributed by atoms with Crippen molar-refractivity contribution in [3.63, 3.8) is 0 Å². The van der Waals surface area contributed by atoms with Gasteiger partial charge in [-0.05, 0) is 32.1 Å². The Hall–Kier alpha value is -2.78. The summed E-state index contributed by atoms with van der Waals surface area (Å²) in [5, 5.41) is 0.582. The number of benzene rings is 1. The first kappa shape index (κ1) is 20.5. The molecule has 0 radical (unpaired) electrons. The fraction of sp³-hybridized carbons (Fsp3) is 0.174. The summed E-state index contributed by atoms with van der Waals surface area (Å²) < 4.78 is 0. The molecule has 1 aliphatic carbocycles. The van der Waals surface area contributed by atoms with Crippen molar-refractivity contribution in [2.75, 3.05) is 6.54 Å². The molecular weight excluding hydrogens is 354 g/mol. The second kappa shape index (κ2) is 11.0. The first-order valence-corrected chi connectivity index (χ1v) is 9.23. The van der Waals surface area contributed by atoms with E-state index in [1.165, 1.54) is 0 Å². The lowest BCUT2D eigenvalue weighted by Gasteiger charge is -2.09. The summed E-state index contributed by atoms with van der Waals surface area (Å²) in [5.41, 5.74) is 2.76. The van der Waals surface area contributed by atoms with Crippen LogP contribution in [0.5, 0.6) is 0 Å². The van der Waals surface area contributed by atoms with Crippen molar-refractivity contribution in [1.82, 2.24) is 0 Å². The van der Waals surface area contributed by atoms with Crippen LogP contribution in [0.2, 0.25) is 0 Å². The molecule has 0 saturated heterocycles. The number of hydrogen-bond donors (Lipinski definition) is 0. The van der Waals surface area contributed by atoms with E-state index in [4.69, 9.17) is 21.6 Å². The number of rotatable bonds is 6. The first-order valence-electron chi connectivity index (χ1n) is 8.85. The van der Waals surface area contributed by atoms with Gasteiger partial charge in [-0.1, -0.05) is 85.0 Å². The molecular formula is C23H24ClN3. The Morgan fingerprint density at radius 3 is 2.56 bits per heavy atom. The van der Waals surface area contributed by atoms with Crippen LogP contribution in [0.4, 0.5) is 0 Å². The summed E-state index contributed by atoms with van der Waals surface area (Å²) >= 11 is 6.26. The topological polar surface area (TPSA) is 37.1 Å². The SMILES string of the molecule is C=C/C(Cl)=C(\C=C/C)CN=C(N=C(N=C)c1ccccc1)C1=CCCC=C1. The highest BCUT2D eigenvalue weighted by Gasteiger charge is 2.09. The third-order valence-electron chi connectivity index (χ3n) is 3.90. The van der Waals surface area contributed by atoms with Crippen molar-refractivity contribution in [2.24, 2.45) is 15.0 Å². The third-order valence-corrected chi connectivity index (χ3v) is 4.30. The predicted molar refractivity (Wildman–Crippen MR) is 119 cm³/mol. The zero-order chi connectivity index (χ0) is 19.5. The van der Waals surface area contributed by atoms with E-state index >= 15 is 0 Å². The molecule has 3 nitrogen and oxygen atoms in total. The molecule has 0 spiro atoms. The molecule has 2 rings (SSSR count). The van der Waals surface area contributed by atoms with Gasteiger partial charge < -0.3 is 0 Å². The second-order valence-electron chi connectivity index (χ2n) is 5.82. The minimum Gasteiger partial charge on any atom is -0.261 e. The smallest absolute Gasteiger partial charge is 0.161 e. The molecule has 0 bridgehead atoms. The minimum absolute atomic E-state index is 0.401. The average Bonchev–Trinajstić information content (AvgIpc) is 2.73. The van der Waals surface area contributed by atoms with E-state index in [0.29, 0.717) is 23.2 Å². The highest BCUT2D eigenvalue weighted by atomic mass is 35.5. The van der Waals surface area contributed by atoms with Gasteiger partial charge in [-0.15, -0.1) is 0 Å². The fourth-order valence-electron chi connectivity index (χ4n) is 2.55.